The maximum absolute atomic E-state index is 6.59. The van der Waals surface area contributed by atoms with E-state index in [2.05, 4.69) is 186 Å². The predicted molar refractivity (Wildman–Crippen MR) is 225 cm³/mol. The zero-order chi connectivity index (χ0) is 35.6. The van der Waals surface area contributed by atoms with Crippen LogP contribution in [0, 0.1) is 0 Å². The van der Waals surface area contributed by atoms with Crippen molar-refractivity contribution in [2.24, 2.45) is 0 Å². The molecule has 2 heterocycles. The Kier molecular flexibility index (Phi) is 6.82. The van der Waals surface area contributed by atoms with Crippen molar-refractivity contribution in [3.63, 3.8) is 0 Å². The molecule has 54 heavy (non-hydrogen) atoms. The second-order valence-corrected chi connectivity index (χ2v) is 13.7. The van der Waals surface area contributed by atoms with E-state index in [1.165, 1.54) is 10.8 Å². The van der Waals surface area contributed by atoms with Gasteiger partial charge in [-0.3, -0.25) is 0 Å². The van der Waals surface area contributed by atoms with Crippen LogP contribution in [0.5, 0.6) is 0 Å². The molecule has 0 unspecified atom stereocenters. The summed E-state index contributed by atoms with van der Waals surface area (Å²) in [5, 5.41) is 9.17. The highest BCUT2D eigenvalue weighted by molar-refractivity contribution is 6.30. The summed E-state index contributed by atoms with van der Waals surface area (Å²) in [6.07, 6.45) is 0. The summed E-state index contributed by atoms with van der Waals surface area (Å²) in [6, 6.07) is 68.4. The number of para-hydroxylation sites is 4. The normalized spacial score (nSPS) is 11.7. The Balaban J connectivity index is 1.11. The third-order valence-electron chi connectivity index (χ3n) is 10.6. The van der Waals surface area contributed by atoms with E-state index in [0.29, 0.717) is 0 Å². The van der Waals surface area contributed by atoms with Gasteiger partial charge in [0.2, 0.25) is 0 Å². The van der Waals surface area contributed by atoms with Crippen LogP contribution in [-0.4, -0.2) is 0 Å². The fourth-order valence-electron chi connectivity index (χ4n) is 8.20. The molecule has 9 aromatic carbocycles. The number of anilines is 6. The molecule has 0 amide bonds. The first-order chi connectivity index (χ1) is 26.8. The maximum atomic E-state index is 6.59. The number of hydrogen-bond acceptors (Lipinski definition) is 4. The molecule has 0 aliphatic rings. The van der Waals surface area contributed by atoms with Crippen LogP contribution in [0.2, 0.25) is 0 Å². The monoisotopic (exact) mass is 692 g/mol. The van der Waals surface area contributed by atoms with Gasteiger partial charge in [-0.2, -0.15) is 0 Å². The van der Waals surface area contributed by atoms with Crippen LogP contribution in [-0.2, 0) is 0 Å². The Morgan fingerprint density at radius 3 is 1.43 bits per heavy atom. The van der Waals surface area contributed by atoms with Gasteiger partial charge in [-0.05, 0) is 101 Å². The molecule has 0 bridgehead atoms. The number of rotatable bonds is 6. The van der Waals surface area contributed by atoms with Crippen molar-refractivity contribution in [2.75, 3.05) is 9.80 Å². The van der Waals surface area contributed by atoms with Crippen LogP contribution in [0.4, 0.5) is 34.1 Å². The first-order valence-electron chi connectivity index (χ1n) is 18.3. The summed E-state index contributed by atoms with van der Waals surface area (Å²) >= 11 is 0. The minimum absolute atomic E-state index is 0.860. The van der Waals surface area contributed by atoms with Crippen LogP contribution in [0.1, 0.15) is 0 Å². The van der Waals surface area contributed by atoms with Crippen molar-refractivity contribution in [2.45, 2.75) is 0 Å². The zero-order valence-corrected chi connectivity index (χ0v) is 29.2. The van der Waals surface area contributed by atoms with Crippen molar-refractivity contribution in [1.29, 1.82) is 0 Å². The quantitative estimate of drug-likeness (QED) is 0.162. The maximum Gasteiger partial charge on any atom is 0.143 e. The third kappa shape index (κ3) is 4.78. The Morgan fingerprint density at radius 2 is 0.741 bits per heavy atom. The van der Waals surface area contributed by atoms with Crippen molar-refractivity contribution in [3.8, 4) is 0 Å². The standard InChI is InChI=1S/C50H32N2O2/c1-3-14-33(15-4-1)51(37-27-29-43-45(31-37)39-20-7-8-22-42(39)49-44-23-10-12-25-47(44)54-50(43)49)35-18-13-19-36(30-35)52(34-16-5-2-6-17-34)38-26-28-41-40-21-9-11-24-46(40)53-48(41)32-38/h1-32H. The molecule has 2 aromatic heterocycles. The van der Waals surface area contributed by atoms with Crippen LogP contribution in [0.3, 0.4) is 0 Å². The fraction of sp³-hybridized carbons (Fsp3) is 0. The van der Waals surface area contributed by atoms with Crippen LogP contribution >= 0.6 is 0 Å². The molecule has 0 spiro atoms. The molecule has 0 N–H and O–H groups in total. The average molecular weight is 693 g/mol. The lowest BCUT2D eigenvalue weighted by molar-refractivity contribution is 0.669. The molecule has 0 atom stereocenters. The SMILES string of the molecule is c1ccc(N(c2cccc(N(c3ccccc3)c3ccc4c(c3)c3ccccc3c3c5ccccc5oc43)c2)c2ccc3c(c2)oc2ccccc23)cc1. The van der Waals surface area contributed by atoms with E-state index in [9.17, 15) is 0 Å². The van der Waals surface area contributed by atoms with Gasteiger partial charge in [0.1, 0.15) is 22.3 Å². The van der Waals surface area contributed by atoms with E-state index in [1.807, 2.05) is 18.2 Å². The van der Waals surface area contributed by atoms with E-state index in [-0.39, 0.29) is 0 Å². The number of nitrogens with zero attached hydrogens (tertiary/aromatic N) is 2. The Hall–Kier alpha value is -7.30. The van der Waals surface area contributed by atoms with Gasteiger partial charge in [0, 0.05) is 67.1 Å². The van der Waals surface area contributed by atoms with Gasteiger partial charge < -0.3 is 18.6 Å². The molecular formula is C50H32N2O2. The molecule has 0 radical (unpaired) electrons. The van der Waals surface area contributed by atoms with Gasteiger partial charge >= 0.3 is 0 Å². The highest BCUT2D eigenvalue weighted by Crippen LogP contribution is 2.45. The summed E-state index contributed by atoms with van der Waals surface area (Å²) < 4.78 is 12.9. The average Bonchev–Trinajstić information content (AvgIpc) is 3.81. The van der Waals surface area contributed by atoms with Gasteiger partial charge in [-0.25, -0.2) is 0 Å². The van der Waals surface area contributed by atoms with Crippen LogP contribution in [0.25, 0.3) is 65.4 Å². The zero-order valence-electron chi connectivity index (χ0n) is 29.2. The van der Waals surface area contributed by atoms with Crippen molar-refractivity contribution < 1.29 is 8.83 Å². The predicted octanol–water partition coefficient (Wildman–Crippen LogP) is 14.7. The van der Waals surface area contributed by atoms with Gasteiger partial charge in [0.25, 0.3) is 0 Å². The minimum Gasteiger partial charge on any atom is -0.456 e. The second kappa shape index (κ2) is 12.1. The Morgan fingerprint density at radius 1 is 0.259 bits per heavy atom. The molecule has 0 saturated carbocycles. The summed E-state index contributed by atoms with van der Waals surface area (Å²) in [4.78, 5) is 4.64. The lowest BCUT2D eigenvalue weighted by Gasteiger charge is -2.29. The van der Waals surface area contributed by atoms with E-state index in [4.69, 9.17) is 8.83 Å². The summed E-state index contributed by atoms with van der Waals surface area (Å²) in [5.41, 5.74) is 9.85. The highest BCUT2D eigenvalue weighted by atomic mass is 16.3. The molecule has 0 aliphatic heterocycles. The van der Waals surface area contributed by atoms with E-state index < -0.39 is 0 Å². The van der Waals surface area contributed by atoms with Crippen molar-refractivity contribution in [3.05, 3.63) is 194 Å². The summed E-state index contributed by atoms with van der Waals surface area (Å²) in [7, 11) is 0. The van der Waals surface area contributed by atoms with E-state index in [0.717, 1.165) is 88.8 Å². The van der Waals surface area contributed by atoms with Gasteiger partial charge in [0.15, 0.2) is 0 Å². The van der Waals surface area contributed by atoms with E-state index in [1.54, 1.807) is 0 Å². The second-order valence-electron chi connectivity index (χ2n) is 13.7. The minimum atomic E-state index is 0.860. The molecule has 0 saturated heterocycles. The Bertz CT molecular complexity index is 3180. The molecule has 0 fully saturated rings. The molecule has 254 valence electrons. The van der Waals surface area contributed by atoms with Crippen molar-refractivity contribution >= 4 is 99.5 Å². The summed E-state index contributed by atoms with van der Waals surface area (Å²) in [5.74, 6) is 0. The number of fused-ring (bicyclic) bond motifs is 11. The third-order valence-corrected chi connectivity index (χ3v) is 10.6. The number of benzene rings is 9. The van der Waals surface area contributed by atoms with Gasteiger partial charge in [-0.15, -0.1) is 0 Å². The van der Waals surface area contributed by atoms with E-state index >= 15 is 0 Å². The Labute approximate surface area is 311 Å². The molecule has 11 rings (SSSR count). The van der Waals surface area contributed by atoms with Gasteiger partial charge in [-0.1, -0.05) is 103 Å². The molecule has 4 nitrogen and oxygen atoms in total. The molecular weight excluding hydrogens is 661 g/mol. The topological polar surface area (TPSA) is 32.8 Å². The smallest absolute Gasteiger partial charge is 0.143 e. The number of hydrogen-bond donors (Lipinski definition) is 0. The fourth-order valence-corrected chi connectivity index (χ4v) is 8.20. The lowest BCUT2D eigenvalue weighted by atomic mass is 9.96. The summed E-state index contributed by atoms with van der Waals surface area (Å²) in [6.45, 7) is 0. The first kappa shape index (κ1) is 30.3. The lowest BCUT2D eigenvalue weighted by Crippen LogP contribution is -2.13. The van der Waals surface area contributed by atoms with Crippen LogP contribution in [0.15, 0.2) is 203 Å². The van der Waals surface area contributed by atoms with Crippen molar-refractivity contribution in [1.82, 2.24) is 0 Å². The van der Waals surface area contributed by atoms with Crippen LogP contribution < -0.4 is 9.80 Å². The molecule has 11 aromatic rings. The number of furan rings is 2. The molecule has 4 heteroatoms. The largest absolute Gasteiger partial charge is 0.456 e. The first-order valence-corrected chi connectivity index (χ1v) is 18.3. The molecule has 0 aliphatic carbocycles. The highest BCUT2D eigenvalue weighted by Gasteiger charge is 2.21. The van der Waals surface area contributed by atoms with Gasteiger partial charge in [0.05, 0.1) is 0 Å².